The van der Waals surface area contributed by atoms with Gasteiger partial charge in [0.1, 0.15) is 0 Å². The second-order valence-electron chi connectivity index (χ2n) is 6.04. The average molecular weight is 241 g/mol. The minimum atomic E-state index is -0.838. The molecule has 0 radical (unpaired) electrons. The number of nitrogens with one attached hydrogen (secondary N) is 1. The largest absolute Gasteiger partial charge is 0.481 e. The first-order valence-corrected chi connectivity index (χ1v) is 6.29. The molecule has 1 fully saturated rings. The van der Waals surface area contributed by atoms with E-state index in [-0.39, 0.29) is 17.4 Å². The third kappa shape index (κ3) is 3.72. The number of aliphatic carboxylic acids is 1. The minimum absolute atomic E-state index is 0.110. The zero-order valence-corrected chi connectivity index (χ0v) is 11.1. The Labute approximate surface area is 103 Å². The molecule has 0 aromatic heterocycles. The summed E-state index contributed by atoms with van der Waals surface area (Å²) < 4.78 is 0. The molecule has 1 amide bonds. The smallest absolute Gasteiger partial charge is 0.307 e. The van der Waals surface area contributed by atoms with Gasteiger partial charge in [0.15, 0.2) is 0 Å². The van der Waals surface area contributed by atoms with Crippen molar-refractivity contribution in [3.63, 3.8) is 0 Å². The molecule has 98 valence electrons. The van der Waals surface area contributed by atoms with Gasteiger partial charge < -0.3 is 10.4 Å². The predicted molar refractivity (Wildman–Crippen MR) is 65.5 cm³/mol. The summed E-state index contributed by atoms with van der Waals surface area (Å²) in [6.45, 7) is 7.78. The molecule has 1 saturated carbocycles. The number of carboxylic acid groups (broad SMARTS) is 1. The summed E-state index contributed by atoms with van der Waals surface area (Å²) >= 11 is 0. The Kier molecular flexibility index (Phi) is 4.17. The van der Waals surface area contributed by atoms with E-state index in [1.54, 1.807) is 0 Å². The minimum Gasteiger partial charge on any atom is -0.481 e. The van der Waals surface area contributed by atoms with Gasteiger partial charge >= 0.3 is 5.97 Å². The highest BCUT2D eigenvalue weighted by atomic mass is 16.4. The molecule has 0 bridgehead atoms. The molecule has 1 aliphatic carbocycles. The van der Waals surface area contributed by atoms with Gasteiger partial charge in [-0.25, -0.2) is 0 Å². The molecule has 4 heteroatoms. The second-order valence-corrected chi connectivity index (χ2v) is 6.04. The van der Waals surface area contributed by atoms with E-state index in [0.717, 1.165) is 6.42 Å². The molecule has 0 aliphatic heterocycles. The average Bonchev–Trinajstić information content (AvgIpc) is 2.58. The van der Waals surface area contributed by atoms with Gasteiger partial charge in [-0.2, -0.15) is 0 Å². The lowest BCUT2D eigenvalue weighted by molar-refractivity contribution is -0.146. The summed E-state index contributed by atoms with van der Waals surface area (Å²) in [6.07, 6.45) is 2.28. The molecule has 3 atom stereocenters. The maximum atomic E-state index is 12.1. The van der Waals surface area contributed by atoms with E-state index >= 15 is 0 Å². The number of amides is 1. The summed E-state index contributed by atoms with van der Waals surface area (Å²) in [5, 5.41) is 12.1. The van der Waals surface area contributed by atoms with Crippen molar-refractivity contribution in [2.75, 3.05) is 0 Å². The first-order valence-electron chi connectivity index (χ1n) is 6.29. The van der Waals surface area contributed by atoms with Gasteiger partial charge in [-0.15, -0.1) is 0 Å². The molecule has 17 heavy (non-hydrogen) atoms. The van der Waals surface area contributed by atoms with Crippen LogP contribution in [0.2, 0.25) is 0 Å². The van der Waals surface area contributed by atoms with Gasteiger partial charge in [-0.05, 0) is 39.5 Å². The lowest BCUT2D eigenvalue weighted by atomic mass is 9.94. The molecule has 0 spiro atoms. The van der Waals surface area contributed by atoms with Gasteiger partial charge in [0.05, 0.1) is 11.8 Å². The lowest BCUT2D eigenvalue weighted by Gasteiger charge is -2.24. The Balaban J connectivity index is 2.73. The van der Waals surface area contributed by atoms with Gasteiger partial charge in [-0.1, -0.05) is 13.3 Å². The van der Waals surface area contributed by atoms with Crippen molar-refractivity contribution in [1.82, 2.24) is 5.32 Å². The van der Waals surface area contributed by atoms with E-state index in [9.17, 15) is 9.59 Å². The Hall–Kier alpha value is -1.06. The van der Waals surface area contributed by atoms with Crippen LogP contribution in [0.1, 0.15) is 47.0 Å². The molecule has 1 unspecified atom stereocenters. The van der Waals surface area contributed by atoms with Gasteiger partial charge in [0.2, 0.25) is 5.91 Å². The predicted octanol–water partition coefficient (Wildman–Crippen LogP) is 2.04. The zero-order chi connectivity index (χ0) is 13.2. The maximum Gasteiger partial charge on any atom is 0.307 e. The standard InChI is InChI=1S/C13H23NO3/c1-5-8-6-9(10(7-8)12(16)17)11(15)14-13(2,3)4/h8-10H,5-7H2,1-4H3,(H,14,15)(H,16,17)/t8?,9-,10+/m0/s1. The molecule has 0 aromatic carbocycles. The summed E-state index contributed by atoms with van der Waals surface area (Å²) in [5.74, 6) is -1.46. The van der Waals surface area contributed by atoms with Crippen LogP contribution in [0.25, 0.3) is 0 Å². The third-order valence-corrected chi connectivity index (χ3v) is 3.39. The van der Waals surface area contributed by atoms with Crippen LogP contribution in [0.5, 0.6) is 0 Å². The van der Waals surface area contributed by atoms with E-state index in [4.69, 9.17) is 5.11 Å². The van der Waals surface area contributed by atoms with Crippen molar-refractivity contribution in [3.05, 3.63) is 0 Å². The van der Waals surface area contributed by atoms with Crippen LogP contribution in [0.3, 0.4) is 0 Å². The number of carbonyl (C=O) groups excluding carboxylic acids is 1. The summed E-state index contributed by atoms with van der Waals surface area (Å²) in [5.41, 5.74) is -0.301. The Morgan fingerprint density at radius 2 is 1.76 bits per heavy atom. The number of rotatable bonds is 3. The van der Waals surface area contributed by atoms with Crippen LogP contribution in [0, 0.1) is 17.8 Å². The van der Waals surface area contributed by atoms with Crippen molar-refractivity contribution in [2.45, 2.75) is 52.5 Å². The van der Waals surface area contributed by atoms with Crippen LogP contribution >= 0.6 is 0 Å². The number of carbonyl (C=O) groups is 2. The number of hydrogen-bond acceptors (Lipinski definition) is 2. The van der Waals surface area contributed by atoms with E-state index in [0.29, 0.717) is 18.8 Å². The summed E-state index contributed by atoms with van der Waals surface area (Å²) in [4.78, 5) is 23.2. The molecule has 1 rings (SSSR count). The third-order valence-electron chi connectivity index (χ3n) is 3.39. The molecule has 2 N–H and O–H groups in total. The van der Waals surface area contributed by atoms with Crippen molar-refractivity contribution >= 4 is 11.9 Å². The van der Waals surface area contributed by atoms with E-state index < -0.39 is 11.9 Å². The highest BCUT2D eigenvalue weighted by molar-refractivity contribution is 5.85. The van der Waals surface area contributed by atoms with Gasteiger partial charge in [0, 0.05) is 5.54 Å². The fourth-order valence-corrected chi connectivity index (χ4v) is 2.50. The van der Waals surface area contributed by atoms with Crippen LogP contribution in [0.15, 0.2) is 0 Å². The van der Waals surface area contributed by atoms with E-state index in [2.05, 4.69) is 5.32 Å². The SMILES string of the molecule is CCC1C[C@H](C(=O)NC(C)(C)C)[C@H](C(=O)O)C1. The van der Waals surface area contributed by atoms with Crippen LogP contribution in [0.4, 0.5) is 0 Å². The molecule has 0 aromatic rings. The summed E-state index contributed by atoms with van der Waals surface area (Å²) in [7, 11) is 0. The highest BCUT2D eigenvalue weighted by Crippen LogP contribution is 2.38. The monoisotopic (exact) mass is 241 g/mol. The van der Waals surface area contributed by atoms with Crippen molar-refractivity contribution in [2.24, 2.45) is 17.8 Å². The number of carboxylic acids is 1. The molecule has 0 heterocycles. The van der Waals surface area contributed by atoms with E-state index in [1.165, 1.54) is 0 Å². The zero-order valence-electron chi connectivity index (χ0n) is 11.1. The van der Waals surface area contributed by atoms with Crippen molar-refractivity contribution in [1.29, 1.82) is 0 Å². The number of hydrogen-bond donors (Lipinski definition) is 2. The molecule has 4 nitrogen and oxygen atoms in total. The maximum absolute atomic E-state index is 12.1. The second kappa shape index (κ2) is 5.07. The summed E-state index contributed by atoms with van der Waals surface area (Å²) in [6, 6.07) is 0. The van der Waals surface area contributed by atoms with Gasteiger partial charge in [0.25, 0.3) is 0 Å². The van der Waals surface area contributed by atoms with Crippen molar-refractivity contribution < 1.29 is 14.7 Å². The fourth-order valence-electron chi connectivity index (χ4n) is 2.50. The first kappa shape index (κ1) is 14.0. The highest BCUT2D eigenvalue weighted by Gasteiger charge is 2.42. The first-order chi connectivity index (χ1) is 7.74. The van der Waals surface area contributed by atoms with Crippen LogP contribution in [-0.4, -0.2) is 22.5 Å². The van der Waals surface area contributed by atoms with Gasteiger partial charge in [-0.3, -0.25) is 9.59 Å². The van der Waals surface area contributed by atoms with Crippen molar-refractivity contribution in [3.8, 4) is 0 Å². The lowest BCUT2D eigenvalue weighted by Crippen LogP contribution is -2.45. The molecular weight excluding hydrogens is 218 g/mol. The quantitative estimate of drug-likeness (QED) is 0.794. The van der Waals surface area contributed by atoms with Crippen LogP contribution in [-0.2, 0) is 9.59 Å². The van der Waals surface area contributed by atoms with Crippen LogP contribution < -0.4 is 5.32 Å². The molecular formula is C13H23NO3. The fraction of sp³-hybridized carbons (Fsp3) is 0.846. The molecule has 0 saturated heterocycles. The Bertz CT molecular complexity index is 306. The normalized spacial score (nSPS) is 29.1. The van der Waals surface area contributed by atoms with E-state index in [1.807, 2.05) is 27.7 Å². The Morgan fingerprint density at radius 1 is 1.24 bits per heavy atom. The topological polar surface area (TPSA) is 66.4 Å². The molecule has 1 aliphatic rings. The Morgan fingerprint density at radius 3 is 2.18 bits per heavy atom.